The lowest BCUT2D eigenvalue weighted by molar-refractivity contribution is -0.191. The average Bonchev–Trinajstić information content (AvgIpc) is 2.95. The highest BCUT2D eigenvalue weighted by molar-refractivity contribution is 6.02. The number of ether oxygens (including phenoxy) is 1. The molecule has 0 amide bonds. The van der Waals surface area contributed by atoms with Gasteiger partial charge in [0, 0.05) is 11.3 Å². The molecule has 0 saturated carbocycles. The van der Waals surface area contributed by atoms with E-state index >= 15 is 0 Å². The van der Waals surface area contributed by atoms with Crippen LogP contribution in [0.5, 0.6) is 0 Å². The number of aliphatic hydroxyl groups is 1. The Balaban J connectivity index is 1.78. The molecule has 0 spiro atoms. The molecule has 0 aliphatic carbocycles. The fourth-order valence-electron chi connectivity index (χ4n) is 4.10. The molecule has 0 bridgehead atoms. The van der Waals surface area contributed by atoms with E-state index in [0.29, 0.717) is 22.5 Å². The highest BCUT2D eigenvalue weighted by Crippen LogP contribution is 2.45. The van der Waals surface area contributed by atoms with E-state index in [1.807, 2.05) is 103 Å². The first kappa shape index (κ1) is 20.7. The molecule has 0 aromatic heterocycles. The monoisotopic (exact) mass is 433 g/mol. The summed E-state index contributed by atoms with van der Waals surface area (Å²) in [5, 5.41) is 11.8. The second-order valence-electron chi connectivity index (χ2n) is 8.03. The summed E-state index contributed by atoms with van der Waals surface area (Å²) in [4.78, 5) is 15.5. The van der Waals surface area contributed by atoms with Gasteiger partial charge < -0.3 is 14.7 Å². The fourth-order valence-corrected chi connectivity index (χ4v) is 4.10. The van der Waals surface area contributed by atoms with Crippen LogP contribution in [-0.2, 0) is 15.3 Å². The predicted octanol–water partition coefficient (Wildman–Crippen LogP) is 5.92. The van der Waals surface area contributed by atoms with Gasteiger partial charge in [0.2, 0.25) is 0 Å². The fraction of sp³-hybridized carbons (Fsp3) is 0.0690. The van der Waals surface area contributed by atoms with Crippen LogP contribution in [0.1, 0.15) is 22.3 Å². The number of esters is 1. The molecule has 0 saturated heterocycles. The standard InChI is InChI=1S/C29H23NO3/c1-21-16-18-22(19-17-21)20-27-28(31)33-29(32,23-10-4-2-5-11-23)25-14-8-9-15-26(25)30(27)24-12-6-3-7-13-24/h2-20,32H,1H3/b27-20+/t29-/m0/s1. The first-order chi connectivity index (χ1) is 16.1. The summed E-state index contributed by atoms with van der Waals surface area (Å²) in [5.41, 5.74) is 4.72. The van der Waals surface area contributed by atoms with Crippen LogP contribution >= 0.6 is 0 Å². The van der Waals surface area contributed by atoms with Gasteiger partial charge in [-0.15, -0.1) is 0 Å². The summed E-state index contributed by atoms with van der Waals surface area (Å²) in [6.07, 6.45) is 1.79. The van der Waals surface area contributed by atoms with Crippen molar-refractivity contribution in [3.05, 3.63) is 137 Å². The van der Waals surface area contributed by atoms with E-state index in [4.69, 9.17) is 4.74 Å². The highest BCUT2D eigenvalue weighted by Gasteiger charge is 2.44. The number of carbonyl (C=O) groups excluding carboxylic acids is 1. The van der Waals surface area contributed by atoms with E-state index in [1.54, 1.807) is 24.3 Å². The topological polar surface area (TPSA) is 49.8 Å². The van der Waals surface area contributed by atoms with E-state index in [2.05, 4.69) is 0 Å². The van der Waals surface area contributed by atoms with Gasteiger partial charge in [-0.1, -0.05) is 90.5 Å². The number of anilines is 2. The van der Waals surface area contributed by atoms with Crippen molar-refractivity contribution in [2.24, 2.45) is 0 Å². The predicted molar refractivity (Wildman–Crippen MR) is 130 cm³/mol. The number of nitrogens with zero attached hydrogens (tertiary/aromatic N) is 1. The maximum absolute atomic E-state index is 13.6. The van der Waals surface area contributed by atoms with Crippen LogP contribution in [0, 0.1) is 6.92 Å². The van der Waals surface area contributed by atoms with Gasteiger partial charge in [-0.25, -0.2) is 4.79 Å². The number of hydrogen-bond donors (Lipinski definition) is 1. The van der Waals surface area contributed by atoms with Crippen molar-refractivity contribution in [2.45, 2.75) is 12.7 Å². The molecule has 1 aliphatic rings. The summed E-state index contributed by atoms with van der Waals surface area (Å²) in [7, 11) is 0. The molecule has 0 radical (unpaired) electrons. The second-order valence-corrected chi connectivity index (χ2v) is 8.03. The van der Waals surface area contributed by atoms with Crippen LogP contribution in [-0.4, -0.2) is 11.1 Å². The molecule has 4 heteroatoms. The molecule has 4 nitrogen and oxygen atoms in total. The van der Waals surface area contributed by atoms with E-state index < -0.39 is 11.8 Å². The smallest absolute Gasteiger partial charge is 0.358 e. The van der Waals surface area contributed by atoms with Crippen LogP contribution in [0.2, 0.25) is 0 Å². The Morgan fingerprint density at radius 2 is 1.39 bits per heavy atom. The zero-order chi connectivity index (χ0) is 22.8. The number of benzene rings is 4. The third-order valence-electron chi connectivity index (χ3n) is 5.76. The average molecular weight is 434 g/mol. The molecule has 0 fully saturated rings. The van der Waals surface area contributed by atoms with Crippen molar-refractivity contribution in [2.75, 3.05) is 4.90 Å². The molecule has 1 N–H and O–H groups in total. The third kappa shape index (κ3) is 3.81. The molecular weight excluding hydrogens is 410 g/mol. The minimum atomic E-state index is -1.94. The quantitative estimate of drug-likeness (QED) is 0.322. The van der Waals surface area contributed by atoms with Gasteiger partial charge in [0.1, 0.15) is 5.70 Å². The number of aryl methyl sites for hydroxylation is 1. The Hall–Kier alpha value is -4.15. The first-order valence-corrected chi connectivity index (χ1v) is 10.8. The van der Waals surface area contributed by atoms with E-state index in [1.165, 1.54) is 0 Å². The summed E-state index contributed by atoms with van der Waals surface area (Å²) in [6, 6.07) is 33.9. The van der Waals surface area contributed by atoms with Crippen LogP contribution in [0.4, 0.5) is 11.4 Å². The van der Waals surface area contributed by atoms with Gasteiger partial charge in [0.25, 0.3) is 5.79 Å². The lowest BCUT2D eigenvalue weighted by Crippen LogP contribution is -2.32. The van der Waals surface area contributed by atoms with Crippen LogP contribution in [0.3, 0.4) is 0 Å². The van der Waals surface area contributed by atoms with Crippen molar-refractivity contribution in [1.29, 1.82) is 0 Å². The van der Waals surface area contributed by atoms with Gasteiger partial charge in [0.05, 0.1) is 11.3 Å². The van der Waals surface area contributed by atoms with Gasteiger partial charge in [-0.3, -0.25) is 0 Å². The Kier molecular flexibility index (Phi) is 5.29. The third-order valence-corrected chi connectivity index (χ3v) is 5.76. The largest absolute Gasteiger partial charge is 0.419 e. The normalized spacial score (nSPS) is 19.0. The summed E-state index contributed by atoms with van der Waals surface area (Å²) in [6.45, 7) is 2.02. The molecule has 5 rings (SSSR count). The minimum absolute atomic E-state index is 0.310. The highest BCUT2D eigenvalue weighted by atomic mass is 16.7. The van der Waals surface area contributed by atoms with Crippen molar-refractivity contribution in [3.63, 3.8) is 0 Å². The zero-order valence-corrected chi connectivity index (χ0v) is 18.2. The van der Waals surface area contributed by atoms with Gasteiger partial charge in [0.15, 0.2) is 0 Å². The number of carbonyl (C=O) groups is 1. The zero-order valence-electron chi connectivity index (χ0n) is 18.2. The van der Waals surface area contributed by atoms with Gasteiger partial charge in [-0.2, -0.15) is 0 Å². The molecular formula is C29H23NO3. The lowest BCUT2D eigenvalue weighted by Gasteiger charge is -2.29. The Morgan fingerprint density at radius 1 is 0.788 bits per heavy atom. The molecule has 1 heterocycles. The molecule has 1 atom stereocenters. The number of cyclic esters (lactones) is 1. The Labute approximate surface area is 193 Å². The summed E-state index contributed by atoms with van der Waals surface area (Å²) in [5.74, 6) is -2.56. The number of fused-ring (bicyclic) bond motifs is 1. The second kappa shape index (κ2) is 8.41. The van der Waals surface area contributed by atoms with Crippen LogP contribution < -0.4 is 4.90 Å². The van der Waals surface area contributed by atoms with Gasteiger partial charge in [-0.05, 0) is 42.8 Å². The number of para-hydroxylation sites is 2. The van der Waals surface area contributed by atoms with Crippen molar-refractivity contribution in [1.82, 2.24) is 0 Å². The molecule has 162 valence electrons. The summed E-state index contributed by atoms with van der Waals surface area (Å²) >= 11 is 0. The Bertz CT molecular complexity index is 1310. The maximum atomic E-state index is 13.6. The summed E-state index contributed by atoms with van der Waals surface area (Å²) < 4.78 is 5.88. The van der Waals surface area contributed by atoms with E-state index in [0.717, 1.165) is 16.8 Å². The molecule has 0 unspecified atom stereocenters. The van der Waals surface area contributed by atoms with Crippen molar-refractivity contribution >= 4 is 23.4 Å². The van der Waals surface area contributed by atoms with E-state index in [-0.39, 0.29) is 0 Å². The minimum Gasteiger partial charge on any atom is -0.419 e. The SMILES string of the molecule is Cc1ccc(/C=C2\C(=O)O[C@@](O)(c3ccccc3)c3ccccc3N2c2ccccc2)cc1. The number of rotatable bonds is 3. The molecule has 33 heavy (non-hydrogen) atoms. The maximum Gasteiger partial charge on any atom is 0.358 e. The molecule has 4 aromatic carbocycles. The first-order valence-electron chi connectivity index (χ1n) is 10.8. The van der Waals surface area contributed by atoms with Crippen LogP contribution in [0.25, 0.3) is 6.08 Å². The molecule has 4 aromatic rings. The molecule has 1 aliphatic heterocycles. The lowest BCUT2D eigenvalue weighted by atomic mass is 9.95. The van der Waals surface area contributed by atoms with E-state index in [9.17, 15) is 9.90 Å². The Morgan fingerprint density at radius 3 is 2.09 bits per heavy atom. The van der Waals surface area contributed by atoms with Crippen molar-refractivity contribution < 1.29 is 14.6 Å². The number of hydrogen-bond acceptors (Lipinski definition) is 4. The van der Waals surface area contributed by atoms with Gasteiger partial charge >= 0.3 is 5.97 Å². The van der Waals surface area contributed by atoms with Crippen LogP contribution in [0.15, 0.2) is 115 Å². The van der Waals surface area contributed by atoms with Crippen molar-refractivity contribution in [3.8, 4) is 0 Å².